The van der Waals surface area contributed by atoms with Crippen molar-refractivity contribution in [3.05, 3.63) is 75.3 Å². The zero-order valence-electron chi connectivity index (χ0n) is 14.9. The van der Waals surface area contributed by atoms with Crippen molar-refractivity contribution in [1.29, 1.82) is 5.26 Å². The molecule has 0 aromatic heterocycles. The lowest BCUT2D eigenvalue weighted by atomic mass is 9.86. The molecular formula is C21H18ClN3OS. The molecule has 2 aliphatic rings. The molecule has 2 heterocycles. The molecule has 2 aliphatic heterocycles. The fourth-order valence-electron chi connectivity index (χ4n) is 3.48. The van der Waals surface area contributed by atoms with Crippen molar-refractivity contribution < 1.29 is 4.79 Å². The Bertz CT molecular complexity index is 964. The van der Waals surface area contributed by atoms with Crippen molar-refractivity contribution in [3.8, 4) is 6.07 Å². The summed E-state index contributed by atoms with van der Waals surface area (Å²) in [5, 5.41) is 11.3. The maximum atomic E-state index is 12.9. The number of fused-ring (bicyclic) bond motifs is 1. The van der Waals surface area contributed by atoms with Crippen LogP contribution < -0.4 is 4.90 Å². The predicted octanol–water partition coefficient (Wildman–Crippen LogP) is 4.87. The Labute approximate surface area is 168 Å². The number of carbonyl (C=O) groups excluding carboxylic acids is 1. The number of rotatable bonds is 2. The van der Waals surface area contributed by atoms with E-state index in [1.165, 1.54) is 11.8 Å². The highest BCUT2D eigenvalue weighted by Crippen LogP contribution is 2.43. The van der Waals surface area contributed by atoms with Crippen LogP contribution in [0.15, 0.2) is 59.1 Å². The van der Waals surface area contributed by atoms with E-state index in [4.69, 9.17) is 11.6 Å². The molecule has 136 valence electrons. The Morgan fingerprint density at radius 1 is 1.22 bits per heavy atom. The third kappa shape index (κ3) is 3.43. The van der Waals surface area contributed by atoms with Crippen LogP contribution in [0.1, 0.15) is 23.5 Å². The van der Waals surface area contributed by atoms with Gasteiger partial charge in [-0.1, -0.05) is 59.3 Å². The number of aryl methyl sites for hydroxylation is 1. The average molecular weight is 396 g/mol. The lowest BCUT2D eigenvalue weighted by molar-refractivity contribution is -0.129. The summed E-state index contributed by atoms with van der Waals surface area (Å²) in [4.78, 5) is 16.7. The van der Waals surface area contributed by atoms with Crippen LogP contribution in [0.2, 0.25) is 5.02 Å². The maximum Gasteiger partial charge on any atom is 0.229 e. The molecule has 6 heteroatoms. The number of allylic oxidation sites excluding steroid dienone is 1. The highest BCUT2D eigenvalue weighted by atomic mass is 35.5. The number of hydrogen-bond donors (Lipinski definition) is 0. The van der Waals surface area contributed by atoms with Gasteiger partial charge in [0.1, 0.15) is 0 Å². The third-order valence-corrected chi connectivity index (χ3v) is 6.34. The molecule has 1 atom stereocenters. The lowest BCUT2D eigenvalue weighted by Crippen LogP contribution is -2.47. The van der Waals surface area contributed by atoms with Crippen molar-refractivity contribution in [3.63, 3.8) is 0 Å². The summed E-state index contributed by atoms with van der Waals surface area (Å²) in [7, 11) is 0. The molecule has 1 saturated heterocycles. The van der Waals surface area contributed by atoms with Gasteiger partial charge in [-0.15, -0.1) is 0 Å². The lowest BCUT2D eigenvalue weighted by Gasteiger charge is -2.42. The van der Waals surface area contributed by atoms with Crippen molar-refractivity contribution in [2.45, 2.75) is 19.3 Å². The SMILES string of the molecule is Cc1ccc([C@H]2CC(=O)N3CN(c4cccc(Cl)c4)CSC3=C2C#N)cc1. The first kappa shape index (κ1) is 18.0. The van der Waals surface area contributed by atoms with E-state index in [2.05, 4.69) is 11.0 Å². The largest absolute Gasteiger partial charge is 0.344 e. The molecule has 0 N–H and O–H groups in total. The van der Waals surface area contributed by atoms with E-state index in [9.17, 15) is 10.1 Å². The van der Waals surface area contributed by atoms with Crippen LogP contribution in [0.25, 0.3) is 0 Å². The average Bonchev–Trinajstić information content (AvgIpc) is 2.68. The zero-order valence-corrected chi connectivity index (χ0v) is 16.4. The summed E-state index contributed by atoms with van der Waals surface area (Å²) in [5.74, 6) is 0.555. The van der Waals surface area contributed by atoms with Crippen molar-refractivity contribution in [2.24, 2.45) is 0 Å². The van der Waals surface area contributed by atoms with Crippen LogP contribution in [0, 0.1) is 18.3 Å². The Kier molecular flexibility index (Phi) is 4.86. The van der Waals surface area contributed by atoms with E-state index >= 15 is 0 Å². The van der Waals surface area contributed by atoms with Crippen molar-refractivity contribution in [1.82, 2.24) is 4.90 Å². The molecule has 4 nitrogen and oxygen atoms in total. The van der Waals surface area contributed by atoms with Gasteiger partial charge >= 0.3 is 0 Å². The summed E-state index contributed by atoms with van der Waals surface area (Å²) in [6, 6.07) is 18.1. The first-order valence-electron chi connectivity index (χ1n) is 8.71. The fourth-order valence-corrected chi connectivity index (χ4v) is 4.83. The predicted molar refractivity (Wildman–Crippen MR) is 109 cm³/mol. The highest BCUT2D eigenvalue weighted by Gasteiger charge is 2.38. The molecule has 0 aliphatic carbocycles. The molecule has 1 amide bonds. The number of halogens is 1. The minimum atomic E-state index is -0.167. The Hall–Kier alpha value is -2.42. The molecule has 2 aromatic rings. The number of carbonyl (C=O) groups is 1. The first-order chi connectivity index (χ1) is 13.1. The molecule has 4 rings (SSSR count). The number of hydrogen-bond acceptors (Lipinski definition) is 4. The number of thioether (sulfide) groups is 1. The second-order valence-electron chi connectivity index (χ2n) is 6.75. The Balaban J connectivity index is 1.66. The van der Waals surface area contributed by atoms with Crippen molar-refractivity contribution >= 4 is 35.0 Å². The van der Waals surface area contributed by atoms with Gasteiger partial charge in [-0.3, -0.25) is 9.69 Å². The number of benzene rings is 2. The number of anilines is 1. The van der Waals surface area contributed by atoms with Gasteiger partial charge in [0, 0.05) is 23.0 Å². The minimum absolute atomic E-state index is 0.0498. The van der Waals surface area contributed by atoms with E-state index in [0.29, 0.717) is 29.6 Å². The van der Waals surface area contributed by atoms with E-state index in [1.807, 2.05) is 55.5 Å². The highest BCUT2D eigenvalue weighted by molar-refractivity contribution is 8.03. The van der Waals surface area contributed by atoms with E-state index in [-0.39, 0.29) is 11.8 Å². The smallest absolute Gasteiger partial charge is 0.229 e. The second-order valence-corrected chi connectivity index (χ2v) is 8.12. The molecular weight excluding hydrogens is 378 g/mol. The molecule has 0 saturated carbocycles. The van der Waals surface area contributed by atoms with Crippen LogP contribution in [-0.2, 0) is 4.79 Å². The van der Waals surface area contributed by atoms with Gasteiger partial charge in [0.2, 0.25) is 5.91 Å². The summed E-state index contributed by atoms with van der Waals surface area (Å²) < 4.78 is 0. The second kappa shape index (κ2) is 7.30. The number of nitrogens with zero attached hydrogens (tertiary/aromatic N) is 3. The first-order valence-corrected chi connectivity index (χ1v) is 10.1. The van der Waals surface area contributed by atoms with Gasteiger partial charge in [-0.2, -0.15) is 5.26 Å². The van der Waals surface area contributed by atoms with Crippen LogP contribution in [0.4, 0.5) is 5.69 Å². The Morgan fingerprint density at radius 2 is 2.00 bits per heavy atom. The van der Waals surface area contributed by atoms with Gasteiger partial charge in [0.15, 0.2) is 0 Å². The maximum absolute atomic E-state index is 12.9. The molecule has 0 spiro atoms. The summed E-state index contributed by atoms with van der Waals surface area (Å²) in [6.07, 6.45) is 0.319. The molecule has 1 fully saturated rings. The topological polar surface area (TPSA) is 47.3 Å². The summed E-state index contributed by atoms with van der Waals surface area (Å²) >= 11 is 7.65. The van der Waals surface area contributed by atoms with E-state index in [0.717, 1.165) is 21.8 Å². The van der Waals surface area contributed by atoms with Crippen LogP contribution >= 0.6 is 23.4 Å². The van der Waals surface area contributed by atoms with Gasteiger partial charge in [0.25, 0.3) is 0 Å². The molecule has 0 radical (unpaired) electrons. The Morgan fingerprint density at radius 3 is 2.70 bits per heavy atom. The number of amides is 1. The quantitative estimate of drug-likeness (QED) is 0.727. The van der Waals surface area contributed by atoms with Gasteiger partial charge in [-0.25, -0.2) is 0 Å². The standard InChI is InChI=1S/C21H18ClN3OS/c1-14-5-7-15(8-6-14)18-10-20(26)25-12-24(13-27-21(25)19(18)11-23)17-4-2-3-16(22)9-17/h2-9,18H,10,12-13H2,1H3/t18-/m1/s1. The molecule has 2 aromatic carbocycles. The molecule has 0 unspecified atom stereocenters. The molecule has 0 bridgehead atoms. The van der Waals surface area contributed by atoms with Crippen molar-refractivity contribution in [2.75, 3.05) is 17.4 Å². The third-order valence-electron chi connectivity index (χ3n) is 4.95. The van der Waals surface area contributed by atoms with Gasteiger partial charge < -0.3 is 4.90 Å². The normalized spacial score (nSPS) is 19.7. The van der Waals surface area contributed by atoms with Gasteiger partial charge in [0.05, 0.1) is 29.2 Å². The van der Waals surface area contributed by atoms with Crippen LogP contribution in [-0.4, -0.2) is 23.4 Å². The summed E-state index contributed by atoms with van der Waals surface area (Å²) in [5.41, 5.74) is 3.85. The monoisotopic (exact) mass is 395 g/mol. The van der Waals surface area contributed by atoms with E-state index in [1.54, 1.807) is 4.90 Å². The summed E-state index contributed by atoms with van der Waals surface area (Å²) in [6.45, 7) is 2.47. The van der Waals surface area contributed by atoms with Crippen LogP contribution in [0.5, 0.6) is 0 Å². The van der Waals surface area contributed by atoms with Gasteiger partial charge in [-0.05, 0) is 30.7 Å². The minimum Gasteiger partial charge on any atom is -0.344 e. The zero-order chi connectivity index (χ0) is 19.0. The fraction of sp³-hybridized carbons (Fsp3) is 0.238. The molecule has 27 heavy (non-hydrogen) atoms. The van der Waals surface area contributed by atoms with E-state index < -0.39 is 0 Å². The van der Waals surface area contributed by atoms with Crippen LogP contribution in [0.3, 0.4) is 0 Å². The number of nitriles is 1.